The summed E-state index contributed by atoms with van der Waals surface area (Å²) < 4.78 is 0. The first-order chi connectivity index (χ1) is 10.8. The smallest absolute Gasteiger partial charge is 0.155 e. The summed E-state index contributed by atoms with van der Waals surface area (Å²) in [6.07, 6.45) is 8.55. The largest absolute Gasteiger partial charge is 0.391 e. The molecule has 2 rings (SSSR count). The molecule has 0 N–H and O–H groups in total. The molecule has 0 aliphatic heterocycles. The van der Waals surface area contributed by atoms with Gasteiger partial charge in [0.2, 0.25) is 0 Å². The molecule has 0 amide bonds. The second-order valence-electron chi connectivity index (χ2n) is 6.50. The van der Waals surface area contributed by atoms with Gasteiger partial charge in [0.25, 0.3) is 0 Å². The van der Waals surface area contributed by atoms with Crippen molar-refractivity contribution in [2.75, 3.05) is 0 Å². The Bertz CT molecular complexity index is 717. The second-order valence-corrected chi connectivity index (χ2v) is 6.50. The van der Waals surface area contributed by atoms with E-state index < -0.39 is 10.8 Å². The lowest BCUT2D eigenvalue weighted by Gasteiger charge is -2.24. The maximum Gasteiger partial charge on any atom is 0.155 e. The molecule has 0 radical (unpaired) electrons. The topological polar surface area (TPSA) is 63.7 Å². The van der Waals surface area contributed by atoms with Gasteiger partial charge < -0.3 is 4.84 Å². The van der Waals surface area contributed by atoms with Gasteiger partial charge in [-0.25, -0.2) is 4.98 Å². The number of benzene rings is 1. The highest BCUT2D eigenvalue weighted by Crippen LogP contribution is 2.30. The SMILES string of the molecule is C#CC(C)(C)c1cc(COn2cncn2)cc(C(C)(C)C#N)c1. The molecule has 5 nitrogen and oxygen atoms in total. The lowest BCUT2D eigenvalue weighted by molar-refractivity contribution is 0.0692. The minimum Gasteiger partial charge on any atom is -0.391 e. The van der Waals surface area contributed by atoms with E-state index in [2.05, 4.69) is 22.1 Å². The van der Waals surface area contributed by atoms with Crippen LogP contribution in [0.3, 0.4) is 0 Å². The molecule has 0 atom stereocenters. The molecule has 0 bridgehead atoms. The fourth-order valence-electron chi connectivity index (χ4n) is 2.05. The Kier molecular flexibility index (Phi) is 4.43. The number of hydrogen-bond donors (Lipinski definition) is 0. The summed E-state index contributed by atoms with van der Waals surface area (Å²) in [6.45, 7) is 8.04. The van der Waals surface area contributed by atoms with Gasteiger partial charge >= 0.3 is 0 Å². The summed E-state index contributed by atoms with van der Waals surface area (Å²) in [4.78, 5) is 10.7. The van der Waals surface area contributed by atoms with E-state index in [1.54, 1.807) is 0 Å². The Hall–Kier alpha value is -2.79. The van der Waals surface area contributed by atoms with Gasteiger partial charge in [-0.05, 0) is 44.4 Å². The van der Waals surface area contributed by atoms with Crippen molar-refractivity contribution in [3.05, 3.63) is 47.5 Å². The van der Waals surface area contributed by atoms with E-state index >= 15 is 0 Å². The molecule has 23 heavy (non-hydrogen) atoms. The number of nitrogens with zero attached hydrogens (tertiary/aromatic N) is 4. The molecule has 0 saturated carbocycles. The lowest BCUT2D eigenvalue weighted by atomic mass is 9.79. The Morgan fingerprint density at radius 3 is 2.35 bits per heavy atom. The lowest BCUT2D eigenvalue weighted by Crippen LogP contribution is -2.20. The quantitative estimate of drug-likeness (QED) is 0.797. The molecule has 1 aromatic carbocycles. The van der Waals surface area contributed by atoms with Crippen LogP contribution < -0.4 is 4.84 Å². The average Bonchev–Trinajstić information content (AvgIpc) is 3.06. The molecule has 0 spiro atoms. The van der Waals surface area contributed by atoms with E-state index in [1.165, 1.54) is 17.5 Å². The van der Waals surface area contributed by atoms with Crippen LogP contribution in [0.1, 0.15) is 44.4 Å². The third kappa shape index (κ3) is 3.70. The zero-order chi connectivity index (χ0) is 17.1. The molecule has 118 valence electrons. The van der Waals surface area contributed by atoms with Crippen molar-refractivity contribution >= 4 is 0 Å². The van der Waals surface area contributed by atoms with E-state index in [0.717, 1.165) is 16.7 Å². The summed E-state index contributed by atoms with van der Waals surface area (Å²) in [7, 11) is 0. The van der Waals surface area contributed by atoms with E-state index in [0.29, 0.717) is 6.61 Å². The molecule has 1 aromatic heterocycles. The van der Waals surface area contributed by atoms with E-state index in [1.807, 2.05) is 45.9 Å². The van der Waals surface area contributed by atoms with Crippen LogP contribution in [0.2, 0.25) is 0 Å². The van der Waals surface area contributed by atoms with Gasteiger partial charge in [-0.1, -0.05) is 29.0 Å². The molecule has 0 saturated heterocycles. The van der Waals surface area contributed by atoms with Crippen LogP contribution in [0.5, 0.6) is 0 Å². The summed E-state index contributed by atoms with van der Waals surface area (Å²) in [5, 5.41) is 13.3. The number of aromatic nitrogens is 3. The van der Waals surface area contributed by atoms with Crippen LogP contribution in [-0.4, -0.2) is 14.9 Å². The highest BCUT2D eigenvalue weighted by molar-refractivity contribution is 5.43. The van der Waals surface area contributed by atoms with Crippen molar-refractivity contribution in [2.45, 2.75) is 45.1 Å². The Balaban J connectivity index is 2.41. The van der Waals surface area contributed by atoms with Gasteiger partial charge in [0.05, 0.1) is 16.9 Å². The number of terminal acetylenes is 1. The van der Waals surface area contributed by atoms with Crippen LogP contribution >= 0.6 is 0 Å². The van der Waals surface area contributed by atoms with Gasteiger partial charge in [-0.2, -0.15) is 5.26 Å². The molecule has 2 aromatic rings. The third-order valence-corrected chi connectivity index (χ3v) is 3.84. The normalized spacial score (nSPS) is 11.6. The van der Waals surface area contributed by atoms with Crippen molar-refractivity contribution in [3.8, 4) is 18.4 Å². The van der Waals surface area contributed by atoms with Crippen molar-refractivity contribution in [1.29, 1.82) is 5.26 Å². The number of hydrogen-bond acceptors (Lipinski definition) is 4. The minimum atomic E-state index is -0.608. The maximum absolute atomic E-state index is 9.43. The predicted molar refractivity (Wildman–Crippen MR) is 87.2 cm³/mol. The van der Waals surface area contributed by atoms with Crippen LogP contribution in [-0.2, 0) is 17.4 Å². The molecular formula is C18H20N4O. The Labute approximate surface area is 136 Å². The first-order valence-electron chi connectivity index (χ1n) is 7.30. The monoisotopic (exact) mass is 308 g/mol. The van der Waals surface area contributed by atoms with Crippen molar-refractivity contribution in [1.82, 2.24) is 14.9 Å². The summed E-state index contributed by atoms with van der Waals surface area (Å²) in [5.41, 5.74) is 1.79. The first kappa shape index (κ1) is 16.6. The van der Waals surface area contributed by atoms with Crippen molar-refractivity contribution in [3.63, 3.8) is 0 Å². The Morgan fingerprint density at radius 2 is 1.83 bits per heavy atom. The Morgan fingerprint density at radius 1 is 1.17 bits per heavy atom. The van der Waals surface area contributed by atoms with Crippen LogP contribution in [0.25, 0.3) is 0 Å². The van der Waals surface area contributed by atoms with E-state index in [9.17, 15) is 5.26 Å². The molecular weight excluding hydrogens is 288 g/mol. The molecule has 0 fully saturated rings. The summed E-state index contributed by atoms with van der Waals surface area (Å²) in [6, 6.07) is 8.31. The fraction of sp³-hybridized carbons (Fsp3) is 0.389. The van der Waals surface area contributed by atoms with Crippen LogP contribution in [0, 0.1) is 23.7 Å². The standard InChI is InChI=1S/C18H20N4O/c1-6-17(2,3)15-7-14(10-23-22-13-20-12-21-22)8-16(9-15)18(4,5)11-19/h1,7-9,12-13H,10H2,2-5H3. The van der Waals surface area contributed by atoms with Gasteiger partial charge in [0.1, 0.15) is 12.9 Å². The molecule has 5 heteroatoms. The molecule has 0 unspecified atom stereocenters. The highest BCUT2D eigenvalue weighted by atomic mass is 16.7. The number of nitriles is 1. The average molecular weight is 308 g/mol. The van der Waals surface area contributed by atoms with Gasteiger partial charge in [-0.3, -0.25) is 0 Å². The number of rotatable bonds is 5. The molecule has 0 aliphatic carbocycles. The molecule has 1 heterocycles. The van der Waals surface area contributed by atoms with Crippen molar-refractivity contribution < 1.29 is 4.84 Å². The van der Waals surface area contributed by atoms with Gasteiger partial charge in [0, 0.05) is 0 Å². The maximum atomic E-state index is 9.43. The van der Waals surface area contributed by atoms with Gasteiger partial charge in [-0.15, -0.1) is 11.5 Å². The second kappa shape index (κ2) is 6.14. The third-order valence-electron chi connectivity index (χ3n) is 3.84. The van der Waals surface area contributed by atoms with Crippen LogP contribution in [0.15, 0.2) is 30.9 Å². The molecule has 0 aliphatic rings. The van der Waals surface area contributed by atoms with E-state index in [-0.39, 0.29) is 0 Å². The minimum absolute atomic E-state index is 0.312. The fourth-order valence-corrected chi connectivity index (χ4v) is 2.05. The van der Waals surface area contributed by atoms with Gasteiger partial charge in [0.15, 0.2) is 6.33 Å². The first-order valence-corrected chi connectivity index (χ1v) is 7.30. The zero-order valence-electron chi connectivity index (χ0n) is 13.9. The van der Waals surface area contributed by atoms with Crippen molar-refractivity contribution in [2.24, 2.45) is 0 Å². The summed E-state index contributed by atoms with van der Waals surface area (Å²) >= 11 is 0. The predicted octanol–water partition coefficient (Wildman–Crippen LogP) is 2.62. The highest BCUT2D eigenvalue weighted by Gasteiger charge is 2.25. The summed E-state index contributed by atoms with van der Waals surface area (Å²) in [5.74, 6) is 2.80. The zero-order valence-corrected chi connectivity index (χ0v) is 13.9. The van der Waals surface area contributed by atoms with E-state index in [4.69, 9.17) is 11.3 Å². The van der Waals surface area contributed by atoms with Crippen LogP contribution in [0.4, 0.5) is 0 Å².